The quantitative estimate of drug-likeness (QED) is 0.463. The topological polar surface area (TPSA) is 48.0 Å². The molecule has 5 heteroatoms. The molecule has 4 fully saturated rings. The highest BCUT2D eigenvalue weighted by molar-refractivity contribution is 5.70. The molecule has 36 heavy (non-hydrogen) atoms. The molecular formula is C31H45NO4. The number of amides is 1. The van der Waals surface area contributed by atoms with E-state index in [4.69, 9.17) is 14.2 Å². The van der Waals surface area contributed by atoms with Gasteiger partial charge in [0.2, 0.25) is 0 Å². The Morgan fingerprint density at radius 1 is 1.14 bits per heavy atom. The minimum absolute atomic E-state index is 0.247. The summed E-state index contributed by atoms with van der Waals surface area (Å²) in [5.41, 5.74) is 3.23. The van der Waals surface area contributed by atoms with Crippen molar-refractivity contribution in [3.63, 3.8) is 0 Å². The van der Waals surface area contributed by atoms with Crippen LogP contribution in [0.3, 0.4) is 0 Å². The molecule has 1 aromatic carbocycles. The van der Waals surface area contributed by atoms with E-state index >= 15 is 0 Å². The van der Waals surface area contributed by atoms with E-state index in [1.165, 1.54) is 43.2 Å². The Bertz CT molecular complexity index is 996. The highest BCUT2D eigenvalue weighted by Gasteiger charge is 2.67. The summed E-state index contributed by atoms with van der Waals surface area (Å²) in [4.78, 5) is 14.2. The molecule has 9 atom stereocenters. The minimum atomic E-state index is -0.329. The van der Waals surface area contributed by atoms with Crippen LogP contribution in [0.2, 0.25) is 0 Å². The summed E-state index contributed by atoms with van der Waals surface area (Å²) < 4.78 is 19.1. The van der Waals surface area contributed by atoms with Crippen LogP contribution in [0, 0.1) is 35.0 Å². The van der Waals surface area contributed by atoms with E-state index in [0.717, 1.165) is 31.3 Å². The third-order valence-electron chi connectivity index (χ3n) is 11.2. The van der Waals surface area contributed by atoms with Crippen molar-refractivity contribution in [3.05, 3.63) is 29.3 Å². The zero-order chi connectivity index (χ0) is 25.2. The van der Waals surface area contributed by atoms with E-state index in [1.807, 2.05) is 19.9 Å². The van der Waals surface area contributed by atoms with E-state index in [0.29, 0.717) is 54.0 Å². The summed E-state index contributed by atoms with van der Waals surface area (Å²) in [6.45, 7) is 13.5. The molecule has 2 saturated heterocycles. The number of ether oxygens (including phenoxy) is 3. The van der Waals surface area contributed by atoms with Crippen molar-refractivity contribution in [2.24, 2.45) is 35.0 Å². The zero-order valence-corrected chi connectivity index (χ0v) is 22.9. The fourth-order valence-corrected chi connectivity index (χ4v) is 9.29. The van der Waals surface area contributed by atoms with Crippen molar-refractivity contribution in [1.29, 1.82) is 0 Å². The van der Waals surface area contributed by atoms with E-state index < -0.39 is 0 Å². The Labute approximate surface area is 217 Å². The molecule has 5 nitrogen and oxygen atoms in total. The Morgan fingerprint density at radius 3 is 2.67 bits per heavy atom. The van der Waals surface area contributed by atoms with Crippen LogP contribution in [-0.2, 0) is 15.9 Å². The number of aryl methyl sites for hydroxylation is 1. The van der Waals surface area contributed by atoms with Crippen LogP contribution < -0.4 is 4.74 Å². The molecule has 198 valence electrons. The first-order valence-corrected chi connectivity index (χ1v) is 14.7. The number of carbonyl (C=O) groups excluding carboxylic acids is 1. The predicted octanol–water partition coefficient (Wildman–Crippen LogP) is 6.79. The van der Waals surface area contributed by atoms with Crippen molar-refractivity contribution >= 4 is 6.09 Å². The number of hydrogen-bond donors (Lipinski definition) is 0. The second-order valence-corrected chi connectivity index (χ2v) is 12.8. The first kappa shape index (κ1) is 24.7. The molecule has 0 radical (unpaired) electrons. The maximum Gasteiger partial charge on any atom is 0.415 e. The summed E-state index contributed by atoms with van der Waals surface area (Å²) in [6.07, 6.45) is 8.43. The summed E-state index contributed by atoms with van der Waals surface area (Å²) in [7, 11) is 0. The monoisotopic (exact) mass is 495 g/mol. The van der Waals surface area contributed by atoms with Gasteiger partial charge >= 0.3 is 6.09 Å². The van der Waals surface area contributed by atoms with Gasteiger partial charge in [0.15, 0.2) is 5.79 Å². The smallest absolute Gasteiger partial charge is 0.410 e. The predicted molar refractivity (Wildman–Crippen MR) is 140 cm³/mol. The molecule has 0 N–H and O–H groups in total. The largest absolute Gasteiger partial charge is 0.415 e. The lowest BCUT2D eigenvalue weighted by atomic mass is 9.53. The molecule has 2 aliphatic heterocycles. The number of benzene rings is 1. The van der Waals surface area contributed by atoms with Crippen LogP contribution >= 0.6 is 0 Å². The fourth-order valence-electron chi connectivity index (χ4n) is 9.29. The van der Waals surface area contributed by atoms with Crippen molar-refractivity contribution in [2.75, 3.05) is 19.7 Å². The Hall–Kier alpha value is -1.59. The highest BCUT2D eigenvalue weighted by Crippen LogP contribution is 2.69. The van der Waals surface area contributed by atoms with Gasteiger partial charge in [-0.1, -0.05) is 26.8 Å². The molecule has 0 unspecified atom stereocenters. The standard InChI is InChI=1S/C31H45NO4/c1-6-32(7-2)29(33)35-22-9-11-23-21(16-22)8-10-25-24(23)13-14-30(5)26(25)17-27-28(30)20(4)31(36-27)15-12-19(3)18-34-31/h9,11,16,19-20,24-28H,6-8,10,12-15,17-18H2,1-5H3/t19-,20+,24-,25-,26+,27+,28+,30+,31-/m1/s1. The fraction of sp³-hybridized carbons (Fsp3) is 0.774. The third-order valence-corrected chi connectivity index (χ3v) is 11.2. The lowest BCUT2D eigenvalue weighted by Gasteiger charge is -2.52. The van der Waals surface area contributed by atoms with Crippen LogP contribution in [0.1, 0.15) is 90.2 Å². The molecule has 6 rings (SSSR count). The third kappa shape index (κ3) is 3.66. The van der Waals surface area contributed by atoms with Crippen molar-refractivity contribution in [2.45, 2.75) is 97.4 Å². The average molecular weight is 496 g/mol. The maximum atomic E-state index is 12.5. The maximum absolute atomic E-state index is 12.5. The van der Waals surface area contributed by atoms with Gasteiger partial charge in [0, 0.05) is 25.4 Å². The number of carbonyl (C=O) groups is 1. The van der Waals surface area contributed by atoms with Crippen LogP contribution in [0.4, 0.5) is 4.79 Å². The van der Waals surface area contributed by atoms with Crippen molar-refractivity contribution in [3.8, 4) is 5.75 Å². The number of nitrogens with zero attached hydrogens (tertiary/aromatic N) is 1. The summed E-state index contributed by atoms with van der Waals surface area (Å²) in [6, 6.07) is 6.43. The molecule has 0 aromatic heterocycles. The van der Waals surface area contributed by atoms with Crippen LogP contribution in [-0.4, -0.2) is 42.6 Å². The van der Waals surface area contributed by atoms with Gasteiger partial charge in [0.05, 0.1) is 12.7 Å². The second kappa shape index (κ2) is 9.01. The second-order valence-electron chi connectivity index (χ2n) is 12.8. The summed E-state index contributed by atoms with van der Waals surface area (Å²) in [5, 5.41) is 0. The van der Waals surface area contributed by atoms with Crippen LogP contribution in [0.25, 0.3) is 0 Å². The van der Waals surface area contributed by atoms with Crippen LogP contribution in [0.5, 0.6) is 5.75 Å². The highest BCUT2D eigenvalue weighted by atomic mass is 16.7. The molecule has 1 aromatic rings. The first-order chi connectivity index (χ1) is 17.3. The van der Waals surface area contributed by atoms with Gasteiger partial charge in [-0.2, -0.15) is 0 Å². The first-order valence-electron chi connectivity index (χ1n) is 14.7. The van der Waals surface area contributed by atoms with E-state index in [2.05, 4.69) is 32.9 Å². The van der Waals surface area contributed by atoms with Crippen molar-refractivity contribution < 1.29 is 19.0 Å². The average Bonchev–Trinajstić information content (AvgIpc) is 3.31. The van der Waals surface area contributed by atoms with Gasteiger partial charge in [0.25, 0.3) is 0 Å². The molecule has 3 aliphatic carbocycles. The molecule has 2 heterocycles. The molecule has 1 spiro atoms. The normalized spacial score (nSPS) is 42.9. The SMILES string of the molecule is CCN(CC)C(=O)Oc1ccc2c(c1)CC[C@@H]1[C@@H]2CC[C@]2(C)[C@@H]3[C@H](C[C@@H]12)O[C@]1(CC[C@@H](C)CO1)[C@H]3C. The molecule has 5 aliphatic rings. The molecule has 0 bridgehead atoms. The Balaban J connectivity index is 1.20. The lowest BCUT2D eigenvalue weighted by molar-refractivity contribution is -0.272. The van der Waals surface area contributed by atoms with E-state index in [-0.39, 0.29) is 11.9 Å². The van der Waals surface area contributed by atoms with Crippen LogP contribution in [0.15, 0.2) is 18.2 Å². The molecular weight excluding hydrogens is 450 g/mol. The van der Waals surface area contributed by atoms with Gasteiger partial charge in [0.1, 0.15) is 5.75 Å². The van der Waals surface area contributed by atoms with E-state index in [1.54, 1.807) is 4.90 Å². The minimum Gasteiger partial charge on any atom is -0.410 e. The van der Waals surface area contributed by atoms with Gasteiger partial charge in [-0.3, -0.25) is 0 Å². The van der Waals surface area contributed by atoms with Gasteiger partial charge in [-0.25, -0.2) is 4.79 Å². The number of fused-ring (bicyclic) bond motifs is 7. The van der Waals surface area contributed by atoms with Gasteiger partial charge in [-0.05, 0) is 111 Å². The number of rotatable bonds is 3. The van der Waals surface area contributed by atoms with Gasteiger partial charge < -0.3 is 19.1 Å². The molecule has 2 saturated carbocycles. The van der Waals surface area contributed by atoms with Gasteiger partial charge in [-0.15, -0.1) is 0 Å². The zero-order valence-electron chi connectivity index (χ0n) is 22.9. The lowest BCUT2D eigenvalue weighted by Crippen LogP contribution is -2.48. The number of hydrogen-bond acceptors (Lipinski definition) is 4. The van der Waals surface area contributed by atoms with Crippen molar-refractivity contribution in [1.82, 2.24) is 4.90 Å². The molecule has 1 amide bonds. The Kier molecular flexibility index (Phi) is 6.19. The van der Waals surface area contributed by atoms with E-state index in [9.17, 15) is 4.79 Å². The summed E-state index contributed by atoms with van der Waals surface area (Å²) >= 11 is 0. The Morgan fingerprint density at radius 2 is 1.94 bits per heavy atom. The summed E-state index contributed by atoms with van der Waals surface area (Å²) in [5.74, 6) is 4.16.